The molecule has 0 unspecified atom stereocenters. The van der Waals surface area contributed by atoms with E-state index in [2.05, 4.69) is 20.7 Å². The highest BCUT2D eigenvalue weighted by Gasteiger charge is 2.19. The van der Waals surface area contributed by atoms with Crippen molar-refractivity contribution in [2.24, 2.45) is 7.05 Å². The van der Waals surface area contributed by atoms with Crippen molar-refractivity contribution in [2.75, 3.05) is 10.6 Å². The van der Waals surface area contributed by atoms with Crippen LogP contribution in [0.1, 0.15) is 31.5 Å². The zero-order valence-corrected chi connectivity index (χ0v) is 17.7. The number of furan rings is 1. The van der Waals surface area contributed by atoms with Gasteiger partial charge in [-0.2, -0.15) is 5.10 Å². The van der Waals surface area contributed by atoms with Gasteiger partial charge in [-0.15, -0.1) is 11.3 Å². The van der Waals surface area contributed by atoms with Crippen molar-refractivity contribution in [3.63, 3.8) is 0 Å². The van der Waals surface area contributed by atoms with Crippen LogP contribution in [-0.2, 0) is 7.05 Å². The number of aromatic nitrogens is 3. The van der Waals surface area contributed by atoms with Crippen LogP contribution in [0.3, 0.4) is 0 Å². The molecule has 0 saturated carbocycles. The van der Waals surface area contributed by atoms with Crippen LogP contribution in [-0.4, -0.2) is 26.6 Å². The summed E-state index contributed by atoms with van der Waals surface area (Å²) in [5.41, 5.74) is 1.97. The molecule has 0 radical (unpaired) electrons. The van der Waals surface area contributed by atoms with E-state index in [0.29, 0.717) is 32.6 Å². The van der Waals surface area contributed by atoms with Crippen LogP contribution in [0.4, 0.5) is 15.8 Å². The molecule has 3 heterocycles. The minimum atomic E-state index is -0.625. The zero-order chi connectivity index (χ0) is 22.1. The lowest BCUT2D eigenvalue weighted by atomic mass is 10.2. The monoisotopic (exact) mass is 439 g/mol. The largest absolute Gasteiger partial charge is 0.469 e. The predicted octanol–water partition coefficient (Wildman–Crippen LogP) is 4.40. The Kier molecular flexibility index (Phi) is 5.38. The van der Waals surface area contributed by atoms with Crippen molar-refractivity contribution in [1.82, 2.24) is 14.8 Å². The molecule has 10 heteroatoms. The fourth-order valence-electron chi connectivity index (χ4n) is 2.96. The number of aryl methyl sites for hydroxylation is 3. The molecule has 2 N–H and O–H groups in total. The molecule has 0 aliphatic rings. The molecule has 0 aliphatic carbocycles. The van der Waals surface area contributed by atoms with Gasteiger partial charge in [0.25, 0.3) is 11.8 Å². The molecule has 0 atom stereocenters. The van der Waals surface area contributed by atoms with Gasteiger partial charge in [0.1, 0.15) is 21.5 Å². The number of nitrogens with one attached hydrogen (secondary N) is 2. The van der Waals surface area contributed by atoms with Gasteiger partial charge < -0.3 is 15.1 Å². The highest BCUT2D eigenvalue weighted by Crippen LogP contribution is 2.29. The number of halogens is 1. The highest BCUT2D eigenvalue weighted by molar-refractivity contribution is 7.17. The topological polar surface area (TPSA) is 102 Å². The summed E-state index contributed by atoms with van der Waals surface area (Å²) in [4.78, 5) is 30.0. The Morgan fingerprint density at radius 1 is 1.16 bits per heavy atom. The summed E-state index contributed by atoms with van der Waals surface area (Å²) in [6.45, 7) is 3.38. The smallest absolute Gasteiger partial charge is 0.267 e. The first-order valence-electron chi connectivity index (χ1n) is 9.24. The molecule has 158 valence electrons. The van der Waals surface area contributed by atoms with Gasteiger partial charge in [-0.3, -0.25) is 14.3 Å². The number of anilines is 2. The lowest BCUT2D eigenvalue weighted by molar-refractivity contribution is 0.101. The Labute approximate surface area is 180 Å². The van der Waals surface area contributed by atoms with E-state index in [9.17, 15) is 14.0 Å². The molecule has 8 nitrogen and oxygen atoms in total. The van der Waals surface area contributed by atoms with Crippen LogP contribution in [0, 0.1) is 19.7 Å². The highest BCUT2D eigenvalue weighted by atomic mass is 32.1. The second-order valence-corrected chi connectivity index (χ2v) is 7.83. The average Bonchev–Trinajstić information content (AvgIpc) is 3.44. The van der Waals surface area contributed by atoms with Crippen molar-refractivity contribution >= 4 is 34.5 Å². The minimum Gasteiger partial charge on any atom is -0.469 e. The van der Waals surface area contributed by atoms with Crippen LogP contribution in [0.25, 0.3) is 10.6 Å². The third-order valence-electron chi connectivity index (χ3n) is 4.53. The first kappa shape index (κ1) is 20.5. The third-order valence-corrected chi connectivity index (χ3v) is 5.74. The second-order valence-electron chi connectivity index (χ2n) is 6.83. The summed E-state index contributed by atoms with van der Waals surface area (Å²) < 4.78 is 21.0. The van der Waals surface area contributed by atoms with E-state index in [1.807, 2.05) is 6.20 Å². The Morgan fingerprint density at radius 2 is 1.97 bits per heavy atom. The molecule has 31 heavy (non-hydrogen) atoms. The molecule has 0 aliphatic heterocycles. The van der Waals surface area contributed by atoms with Crippen LogP contribution < -0.4 is 10.6 Å². The SMILES string of the molecule is Cc1nc(-c2cnn(C)c2)sc1C(=O)Nc1ccc(F)c(NC(=O)c2ccoc2C)c1. The first-order chi connectivity index (χ1) is 14.8. The Morgan fingerprint density at radius 3 is 2.65 bits per heavy atom. The van der Waals surface area contributed by atoms with E-state index in [1.165, 1.54) is 41.9 Å². The second kappa shape index (κ2) is 8.15. The normalized spacial score (nSPS) is 10.8. The van der Waals surface area contributed by atoms with Crippen molar-refractivity contribution in [2.45, 2.75) is 13.8 Å². The quantitative estimate of drug-likeness (QED) is 0.480. The molecule has 0 saturated heterocycles. The first-order valence-corrected chi connectivity index (χ1v) is 10.1. The Balaban J connectivity index is 1.53. The van der Waals surface area contributed by atoms with E-state index in [0.717, 1.165) is 5.56 Å². The number of carbonyl (C=O) groups is 2. The number of hydrogen-bond acceptors (Lipinski definition) is 6. The molecule has 0 fully saturated rings. The summed E-state index contributed by atoms with van der Waals surface area (Å²) in [5, 5.41) is 10.0. The van der Waals surface area contributed by atoms with E-state index >= 15 is 0 Å². The summed E-state index contributed by atoms with van der Waals surface area (Å²) in [7, 11) is 1.80. The summed E-state index contributed by atoms with van der Waals surface area (Å²) in [6.07, 6.45) is 4.88. The average molecular weight is 439 g/mol. The van der Waals surface area contributed by atoms with Crippen LogP contribution in [0.5, 0.6) is 0 Å². The molecule has 2 amide bonds. The summed E-state index contributed by atoms with van der Waals surface area (Å²) in [5.74, 6) is -1.08. The van der Waals surface area contributed by atoms with Crippen molar-refractivity contribution in [3.05, 3.63) is 70.6 Å². The minimum absolute atomic E-state index is 0.0551. The number of hydrogen-bond donors (Lipinski definition) is 2. The molecule has 0 bridgehead atoms. The fraction of sp³-hybridized carbons (Fsp3) is 0.143. The van der Waals surface area contributed by atoms with E-state index in [-0.39, 0.29) is 11.6 Å². The number of thiazole rings is 1. The van der Waals surface area contributed by atoms with Crippen molar-refractivity contribution in [1.29, 1.82) is 0 Å². The number of rotatable bonds is 5. The van der Waals surface area contributed by atoms with Crippen LogP contribution in [0.2, 0.25) is 0 Å². The molecule has 4 rings (SSSR count). The Bertz CT molecular complexity index is 1290. The van der Waals surface area contributed by atoms with Gasteiger partial charge in [0, 0.05) is 24.5 Å². The maximum atomic E-state index is 14.2. The third kappa shape index (κ3) is 4.24. The standard InChI is InChI=1S/C21H18FN5O3S/c1-11-18(31-21(24-11)13-9-23-27(3)10-13)20(29)25-14-4-5-16(22)17(8-14)26-19(28)15-6-7-30-12(15)2/h4-10H,1-3H3,(H,25,29)(H,26,28). The molecule has 4 aromatic rings. The zero-order valence-electron chi connectivity index (χ0n) is 16.9. The lowest BCUT2D eigenvalue weighted by Crippen LogP contribution is -2.15. The van der Waals surface area contributed by atoms with E-state index in [1.54, 1.807) is 31.8 Å². The van der Waals surface area contributed by atoms with Gasteiger partial charge in [0.2, 0.25) is 0 Å². The van der Waals surface area contributed by atoms with Gasteiger partial charge >= 0.3 is 0 Å². The van der Waals surface area contributed by atoms with Gasteiger partial charge in [-0.1, -0.05) is 0 Å². The number of carbonyl (C=O) groups excluding carboxylic acids is 2. The molecule has 1 aromatic carbocycles. The van der Waals surface area contributed by atoms with Crippen LogP contribution in [0.15, 0.2) is 47.3 Å². The maximum absolute atomic E-state index is 14.2. The number of benzene rings is 1. The summed E-state index contributed by atoms with van der Waals surface area (Å²) in [6, 6.07) is 5.46. The predicted molar refractivity (Wildman–Crippen MR) is 115 cm³/mol. The number of amides is 2. The molecular formula is C21H18FN5O3S. The number of nitrogens with zero attached hydrogens (tertiary/aromatic N) is 3. The maximum Gasteiger partial charge on any atom is 0.267 e. The van der Waals surface area contributed by atoms with Gasteiger partial charge in [0.15, 0.2) is 0 Å². The van der Waals surface area contributed by atoms with Crippen molar-refractivity contribution in [3.8, 4) is 10.6 Å². The fourth-order valence-corrected chi connectivity index (χ4v) is 3.90. The lowest BCUT2D eigenvalue weighted by Gasteiger charge is -2.09. The Hall–Kier alpha value is -3.79. The van der Waals surface area contributed by atoms with Crippen LogP contribution >= 0.6 is 11.3 Å². The molecular weight excluding hydrogens is 421 g/mol. The molecule has 3 aromatic heterocycles. The van der Waals surface area contributed by atoms with E-state index in [4.69, 9.17) is 4.42 Å². The summed E-state index contributed by atoms with van der Waals surface area (Å²) >= 11 is 1.24. The molecule has 0 spiro atoms. The van der Waals surface area contributed by atoms with Gasteiger partial charge in [-0.25, -0.2) is 9.37 Å². The van der Waals surface area contributed by atoms with Gasteiger partial charge in [-0.05, 0) is 38.1 Å². The van der Waals surface area contributed by atoms with Crippen molar-refractivity contribution < 1.29 is 18.4 Å². The van der Waals surface area contributed by atoms with E-state index < -0.39 is 11.7 Å². The van der Waals surface area contributed by atoms with Gasteiger partial charge in [0.05, 0.1) is 29.4 Å².